The number of hydrogen-bond donors (Lipinski definition) is 1. The number of alkyl halides is 1. The van der Waals surface area contributed by atoms with E-state index in [4.69, 9.17) is 11.6 Å². The van der Waals surface area contributed by atoms with Crippen LogP contribution in [0.5, 0.6) is 0 Å². The minimum atomic E-state index is -0.163. The van der Waals surface area contributed by atoms with Gasteiger partial charge in [0, 0.05) is 23.2 Å². The van der Waals surface area contributed by atoms with E-state index in [1.54, 1.807) is 0 Å². The third kappa shape index (κ3) is 2.81. The van der Waals surface area contributed by atoms with Gasteiger partial charge in [-0.05, 0) is 36.7 Å². The van der Waals surface area contributed by atoms with E-state index in [2.05, 4.69) is 33.2 Å². The van der Waals surface area contributed by atoms with E-state index in [0.29, 0.717) is 0 Å². The third-order valence-electron chi connectivity index (χ3n) is 2.94. The largest absolute Gasteiger partial charge is 0.325 e. The van der Waals surface area contributed by atoms with Gasteiger partial charge in [0.1, 0.15) is 5.88 Å². The molecular weight excluding hydrogens is 304 g/mol. The molecule has 1 heterocycles. The van der Waals surface area contributed by atoms with Gasteiger partial charge >= 0.3 is 0 Å². The van der Waals surface area contributed by atoms with E-state index in [9.17, 15) is 4.79 Å². The Balaban J connectivity index is 2.37. The van der Waals surface area contributed by atoms with Crippen molar-refractivity contribution in [1.29, 1.82) is 0 Å². The number of carbonyl (C=O) groups is 1. The smallest absolute Gasteiger partial charge is 0.239 e. The second-order valence-corrected chi connectivity index (χ2v) is 5.34. The maximum atomic E-state index is 11.4. The molecule has 1 amide bonds. The molecule has 0 atom stereocenters. The van der Waals surface area contributed by atoms with Crippen LogP contribution in [0.2, 0.25) is 0 Å². The van der Waals surface area contributed by atoms with Crippen molar-refractivity contribution in [3.05, 3.63) is 27.7 Å². The van der Waals surface area contributed by atoms with Crippen LogP contribution in [0.15, 0.2) is 16.6 Å². The van der Waals surface area contributed by atoms with Gasteiger partial charge in [0.15, 0.2) is 0 Å². The van der Waals surface area contributed by atoms with Crippen LogP contribution >= 0.6 is 27.5 Å². The lowest BCUT2D eigenvalue weighted by Gasteiger charge is -2.27. The molecule has 0 saturated heterocycles. The molecule has 92 valence electrons. The number of benzene rings is 1. The van der Waals surface area contributed by atoms with Crippen molar-refractivity contribution in [2.24, 2.45) is 0 Å². The Hall–Kier alpha value is -0.580. The topological polar surface area (TPSA) is 32.3 Å². The van der Waals surface area contributed by atoms with E-state index < -0.39 is 0 Å². The molecule has 0 saturated carbocycles. The van der Waals surface area contributed by atoms with Gasteiger partial charge in [0.05, 0.1) is 0 Å². The lowest BCUT2D eigenvalue weighted by molar-refractivity contribution is -0.113. The predicted octanol–water partition coefficient (Wildman–Crippen LogP) is 2.61. The van der Waals surface area contributed by atoms with Gasteiger partial charge in [-0.15, -0.1) is 11.6 Å². The van der Waals surface area contributed by atoms with Crippen LogP contribution in [-0.2, 0) is 17.8 Å². The van der Waals surface area contributed by atoms with Crippen LogP contribution in [0.3, 0.4) is 0 Å². The Morgan fingerprint density at radius 2 is 2.29 bits per heavy atom. The fourth-order valence-electron chi connectivity index (χ4n) is 2.07. The fraction of sp³-hybridized carbons (Fsp3) is 0.417. The summed E-state index contributed by atoms with van der Waals surface area (Å²) in [6.45, 7) is 1.89. The molecular formula is C12H14BrClN2O. The minimum absolute atomic E-state index is 0.0132. The summed E-state index contributed by atoms with van der Waals surface area (Å²) >= 11 is 9.08. The molecule has 0 radical (unpaired) electrons. The molecule has 0 spiro atoms. The summed E-state index contributed by atoms with van der Waals surface area (Å²) in [4.78, 5) is 13.6. The van der Waals surface area contributed by atoms with Gasteiger partial charge in [0.25, 0.3) is 0 Å². The zero-order valence-electron chi connectivity index (χ0n) is 9.59. The summed E-state index contributed by atoms with van der Waals surface area (Å²) in [5.41, 5.74) is 3.35. The van der Waals surface area contributed by atoms with Gasteiger partial charge in [-0.3, -0.25) is 4.79 Å². The van der Waals surface area contributed by atoms with E-state index in [1.807, 2.05) is 12.1 Å². The van der Waals surface area contributed by atoms with E-state index >= 15 is 0 Å². The summed E-state index contributed by atoms with van der Waals surface area (Å²) in [6.07, 6.45) is 0.997. The number of fused-ring (bicyclic) bond motifs is 1. The lowest BCUT2D eigenvalue weighted by atomic mass is 9.98. The average Bonchev–Trinajstić information content (AvgIpc) is 2.32. The zero-order chi connectivity index (χ0) is 12.4. The predicted molar refractivity (Wildman–Crippen MR) is 73.5 cm³/mol. The van der Waals surface area contributed by atoms with Gasteiger partial charge in [0.2, 0.25) is 5.91 Å². The summed E-state index contributed by atoms with van der Waals surface area (Å²) < 4.78 is 1.12. The number of halogens is 2. The van der Waals surface area contributed by atoms with Crippen LogP contribution < -0.4 is 5.32 Å². The Kier molecular flexibility index (Phi) is 4.07. The first-order valence-corrected chi connectivity index (χ1v) is 6.79. The first kappa shape index (κ1) is 12.9. The minimum Gasteiger partial charge on any atom is -0.325 e. The summed E-state index contributed by atoms with van der Waals surface area (Å²) in [7, 11) is 2.08. The molecule has 3 nitrogen and oxygen atoms in total. The number of nitrogens with one attached hydrogen (secondary N) is 1. The number of anilines is 1. The molecule has 1 aliphatic rings. The highest BCUT2D eigenvalue weighted by Gasteiger charge is 2.19. The standard InChI is InChI=1S/C12H14BrClN2O/c1-16-5-4-8-9(7-16)11(3-2-10(8)13)15-12(17)6-14/h2-3H,4-7H2,1H3,(H,15,17). The average molecular weight is 318 g/mol. The Morgan fingerprint density at radius 1 is 1.53 bits per heavy atom. The molecule has 1 N–H and O–H groups in total. The zero-order valence-corrected chi connectivity index (χ0v) is 11.9. The van der Waals surface area contributed by atoms with Gasteiger partial charge < -0.3 is 10.2 Å². The Bertz CT molecular complexity index is 450. The lowest BCUT2D eigenvalue weighted by Crippen LogP contribution is -2.28. The number of amides is 1. The first-order valence-electron chi connectivity index (χ1n) is 5.46. The van der Waals surface area contributed by atoms with E-state index in [-0.39, 0.29) is 11.8 Å². The van der Waals surface area contributed by atoms with Crippen LogP contribution in [0, 0.1) is 0 Å². The molecule has 1 aromatic carbocycles. The summed E-state index contributed by atoms with van der Waals surface area (Å²) in [5.74, 6) is -0.176. The Morgan fingerprint density at radius 3 is 3.00 bits per heavy atom. The molecule has 5 heteroatoms. The molecule has 17 heavy (non-hydrogen) atoms. The number of likely N-dealkylation sites (N-methyl/N-ethyl adjacent to an activating group) is 1. The van der Waals surface area contributed by atoms with Crippen molar-refractivity contribution in [2.45, 2.75) is 13.0 Å². The molecule has 0 unspecified atom stereocenters. The van der Waals surface area contributed by atoms with Crippen LogP contribution in [-0.4, -0.2) is 30.3 Å². The van der Waals surface area contributed by atoms with Crippen molar-refractivity contribution in [3.63, 3.8) is 0 Å². The second kappa shape index (κ2) is 5.38. The normalized spacial score (nSPS) is 15.5. The highest BCUT2D eigenvalue weighted by Crippen LogP contribution is 2.31. The van der Waals surface area contributed by atoms with Gasteiger partial charge in [-0.1, -0.05) is 15.9 Å². The molecule has 0 fully saturated rings. The van der Waals surface area contributed by atoms with Crippen LogP contribution in [0.1, 0.15) is 11.1 Å². The molecule has 1 aliphatic heterocycles. The number of rotatable bonds is 2. The maximum absolute atomic E-state index is 11.4. The number of carbonyl (C=O) groups excluding carboxylic acids is 1. The van der Waals surface area contributed by atoms with Crippen molar-refractivity contribution in [2.75, 3.05) is 24.8 Å². The van der Waals surface area contributed by atoms with E-state index in [1.165, 1.54) is 11.1 Å². The van der Waals surface area contributed by atoms with Gasteiger partial charge in [-0.2, -0.15) is 0 Å². The molecule has 0 aromatic heterocycles. The SMILES string of the molecule is CN1CCc2c(Br)ccc(NC(=O)CCl)c2C1. The maximum Gasteiger partial charge on any atom is 0.239 e. The van der Waals surface area contributed by atoms with Crippen LogP contribution in [0.25, 0.3) is 0 Å². The monoisotopic (exact) mass is 316 g/mol. The second-order valence-electron chi connectivity index (χ2n) is 4.22. The first-order chi connectivity index (χ1) is 8.11. The highest BCUT2D eigenvalue weighted by molar-refractivity contribution is 9.10. The summed E-state index contributed by atoms with van der Waals surface area (Å²) in [6, 6.07) is 3.90. The number of nitrogens with zero attached hydrogens (tertiary/aromatic N) is 1. The fourth-order valence-corrected chi connectivity index (χ4v) is 2.70. The van der Waals surface area contributed by atoms with Crippen molar-refractivity contribution >= 4 is 39.1 Å². The van der Waals surface area contributed by atoms with Crippen LogP contribution in [0.4, 0.5) is 5.69 Å². The molecule has 1 aromatic rings. The third-order valence-corrected chi connectivity index (χ3v) is 3.93. The highest BCUT2D eigenvalue weighted by atomic mass is 79.9. The van der Waals surface area contributed by atoms with Gasteiger partial charge in [-0.25, -0.2) is 0 Å². The molecule has 2 rings (SSSR count). The summed E-state index contributed by atoms with van der Waals surface area (Å²) in [5, 5.41) is 2.85. The quantitative estimate of drug-likeness (QED) is 0.851. The Labute approximate surface area is 114 Å². The van der Waals surface area contributed by atoms with E-state index in [0.717, 1.165) is 29.7 Å². The van der Waals surface area contributed by atoms with Crippen molar-refractivity contribution in [1.82, 2.24) is 4.90 Å². The molecule has 0 bridgehead atoms. The van der Waals surface area contributed by atoms with Crippen molar-refractivity contribution in [3.8, 4) is 0 Å². The van der Waals surface area contributed by atoms with Crippen molar-refractivity contribution < 1.29 is 4.79 Å². The number of hydrogen-bond acceptors (Lipinski definition) is 2. The molecule has 0 aliphatic carbocycles.